The lowest BCUT2D eigenvalue weighted by atomic mass is 10.2. The summed E-state index contributed by atoms with van der Waals surface area (Å²) in [4.78, 5) is 32.9. The molecule has 0 bridgehead atoms. The minimum absolute atomic E-state index is 0.331. The number of carbonyl (C=O) groups is 3. The number of hydrogen-bond donors (Lipinski definition) is 4. The van der Waals surface area contributed by atoms with E-state index in [1.54, 1.807) is 18.2 Å². The van der Waals surface area contributed by atoms with Gasteiger partial charge in [0.25, 0.3) is 0 Å². The first-order chi connectivity index (χ1) is 9.38. The molecule has 0 saturated heterocycles. The SMILES string of the molecule is Cc1ccc(NC(=O)NCC(=O)NCC(=O)O)c(Cl)c1. The third-order valence-corrected chi connectivity index (χ3v) is 2.53. The van der Waals surface area contributed by atoms with Gasteiger partial charge in [0.05, 0.1) is 17.3 Å². The highest BCUT2D eigenvalue weighted by Crippen LogP contribution is 2.22. The van der Waals surface area contributed by atoms with E-state index in [0.717, 1.165) is 5.56 Å². The van der Waals surface area contributed by atoms with Crippen molar-refractivity contribution in [3.05, 3.63) is 28.8 Å². The van der Waals surface area contributed by atoms with E-state index >= 15 is 0 Å². The topological polar surface area (TPSA) is 108 Å². The number of carbonyl (C=O) groups excluding carboxylic acids is 2. The predicted molar refractivity (Wildman–Crippen MR) is 73.9 cm³/mol. The Morgan fingerprint density at radius 3 is 2.50 bits per heavy atom. The zero-order valence-electron chi connectivity index (χ0n) is 10.7. The van der Waals surface area contributed by atoms with Gasteiger partial charge in [0.1, 0.15) is 6.54 Å². The molecule has 0 saturated carbocycles. The van der Waals surface area contributed by atoms with Crippen LogP contribution in [0.2, 0.25) is 5.02 Å². The molecular weight excluding hydrogens is 286 g/mol. The van der Waals surface area contributed by atoms with Crippen molar-refractivity contribution in [1.82, 2.24) is 10.6 Å². The van der Waals surface area contributed by atoms with Gasteiger partial charge in [-0.3, -0.25) is 9.59 Å². The van der Waals surface area contributed by atoms with Crippen molar-refractivity contribution in [2.24, 2.45) is 0 Å². The van der Waals surface area contributed by atoms with Crippen LogP contribution < -0.4 is 16.0 Å². The van der Waals surface area contributed by atoms with Gasteiger partial charge >= 0.3 is 12.0 Å². The molecule has 1 aromatic rings. The first kappa shape index (κ1) is 15.8. The number of amides is 3. The third kappa shape index (κ3) is 5.57. The van der Waals surface area contributed by atoms with Gasteiger partial charge in [0.2, 0.25) is 5.91 Å². The molecule has 4 N–H and O–H groups in total. The van der Waals surface area contributed by atoms with Gasteiger partial charge in [-0.1, -0.05) is 17.7 Å². The van der Waals surface area contributed by atoms with Gasteiger partial charge in [-0.25, -0.2) is 4.79 Å². The van der Waals surface area contributed by atoms with Crippen LogP contribution in [0.25, 0.3) is 0 Å². The Balaban J connectivity index is 2.40. The average molecular weight is 300 g/mol. The molecule has 0 aliphatic rings. The Morgan fingerprint density at radius 1 is 1.20 bits per heavy atom. The Kier molecular flexibility index (Phi) is 5.79. The smallest absolute Gasteiger partial charge is 0.322 e. The van der Waals surface area contributed by atoms with Crippen molar-refractivity contribution >= 4 is 35.2 Å². The van der Waals surface area contributed by atoms with Crippen LogP contribution in [0.1, 0.15) is 5.56 Å². The Morgan fingerprint density at radius 2 is 1.90 bits per heavy atom. The molecule has 0 aromatic heterocycles. The number of aliphatic carboxylic acids is 1. The van der Waals surface area contributed by atoms with Crippen LogP contribution >= 0.6 is 11.6 Å². The summed E-state index contributed by atoms with van der Waals surface area (Å²) in [5, 5.41) is 15.6. The van der Waals surface area contributed by atoms with E-state index in [4.69, 9.17) is 16.7 Å². The number of rotatable bonds is 5. The zero-order chi connectivity index (χ0) is 15.1. The lowest BCUT2D eigenvalue weighted by molar-refractivity contribution is -0.137. The van der Waals surface area contributed by atoms with Crippen molar-refractivity contribution < 1.29 is 19.5 Å². The van der Waals surface area contributed by atoms with Gasteiger partial charge in [-0.05, 0) is 24.6 Å². The van der Waals surface area contributed by atoms with Crippen LogP contribution in [0.5, 0.6) is 0 Å². The maximum Gasteiger partial charge on any atom is 0.322 e. The van der Waals surface area contributed by atoms with Crippen LogP contribution in [-0.2, 0) is 9.59 Å². The molecule has 0 aliphatic carbocycles. The van der Waals surface area contributed by atoms with Crippen molar-refractivity contribution in [3.8, 4) is 0 Å². The van der Waals surface area contributed by atoms with Crippen LogP contribution in [0.15, 0.2) is 18.2 Å². The molecule has 108 valence electrons. The van der Waals surface area contributed by atoms with Gasteiger partial charge in [0.15, 0.2) is 0 Å². The highest BCUT2D eigenvalue weighted by atomic mass is 35.5. The monoisotopic (exact) mass is 299 g/mol. The summed E-state index contributed by atoms with van der Waals surface area (Å²) in [6.45, 7) is 1.04. The molecule has 0 heterocycles. The fourth-order valence-electron chi connectivity index (χ4n) is 1.29. The number of nitrogens with one attached hydrogen (secondary N) is 3. The third-order valence-electron chi connectivity index (χ3n) is 2.22. The highest BCUT2D eigenvalue weighted by Gasteiger charge is 2.08. The normalized spacial score (nSPS) is 9.70. The molecule has 0 radical (unpaired) electrons. The lowest BCUT2D eigenvalue weighted by Gasteiger charge is -2.09. The summed E-state index contributed by atoms with van der Waals surface area (Å²) in [7, 11) is 0. The molecule has 0 fully saturated rings. The van der Waals surface area contributed by atoms with Crippen molar-refractivity contribution in [2.75, 3.05) is 18.4 Å². The minimum atomic E-state index is -1.16. The molecule has 0 aliphatic heterocycles. The quantitative estimate of drug-likeness (QED) is 0.650. The summed E-state index contributed by atoms with van der Waals surface area (Å²) in [5.74, 6) is -1.76. The number of benzene rings is 1. The molecule has 7 nitrogen and oxygen atoms in total. The Hall–Kier alpha value is -2.28. The molecule has 0 atom stereocenters. The van der Waals surface area contributed by atoms with Crippen molar-refractivity contribution in [3.63, 3.8) is 0 Å². The van der Waals surface area contributed by atoms with Gasteiger partial charge < -0.3 is 21.1 Å². The van der Waals surface area contributed by atoms with Gasteiger partial charge in [-0.2, -0.15) is 0 Å². The molecule has 8 heteroatoms. The standard InChI is InChI=1S/C12H14ClN3O4/c1-7-2-3-9(8(13)4-7)16-12(20)15-5-10(17)14-6-11(18)19/h2-4H,5-6H2,1H3,(H,14,17)(H,18,19)(H2,15,16,20). The zero-order valence-corrected chi connectivity index (χ0v) is 11.5. The van der Waals surface area contributed by atoms with E-state index in [2.05, 4.69) is 16.0 Å². The van der Waals surface area contributed by atoms with E-state index in [1.165, 1.54) is 0 Å². The second kappa shape index (κ2) is 7.34. The number of aryl methyl sites for hydroxylation is 1. The Labute approximate surface area is 120 Å². The second-order valence-corrected chi connectivity index (χ2v) is 4.37. The fraction of sp³-hybridized carbons (Fsp3) is 0.250. The van der Waals surface area contributed by atoms with E-state index in [-0.39, 0.29) is 6.54 Å². The molecule has 1 aromatic carbocycles. The summed E-state index contributed by atoms with van der Waals surface area (Å²) in [5.41, 5.74) is 1.37. The number of anilines is 1. The molecule has 3 amide bonds. The van der Waals surface area contributed by atoms with Crippen LogP contribution in [0.4, 0.5) is 10.5 Å². The lowest BCUT2D eigenvalue weighted by Crippen LogP contribution is -2.40. The van der Waals surface area contributed by atoms with E-state index in [9.17, 15) is 14.4 Å². The summed E-state index contributed by atoms with van der Waals surface area (Å²) in [6.07, 6.45) is 0. The maximum atomic E-state index is 11.5. The first-order valence-electron chi connectivity index (χ1n) is 5.68. The summed E-state index contributed by atoms with van der Waals surface area (Å²) in [6, 6.07) is 4.50. The van der Waals surface area contributed by atoms with Crippen molar-refractivity contribution in [1.29, 1.82) is 0 Å². The molecule has 0 unspecified atom stereocenters. The first-order valence-corrected chi connectivity index (χ1v) is 6.06. The second-order valence-electron chi connectivity index (χ2n) is 3.96. The van der Waals surface area contributed by atoms with E-state index in [0.29, 0.717) is 10.7 Å². The number of urea groups is 1. The van der Waals surface area contributed by atoms with Crippen LogP contribution in [0, 0.1) is 6.92 Å². The fourth-order valence-corrected chi connectivity index (χ4v) is 1.57. The highest BCUT2D eigenvalue weighted by molar-refractivity contribution is 6.33. The van der Waals surface area contributed by atoms with E-state index < -0.39 is 24.5 Å². The largest absolute Gasteiger partial charge is 0.480 e. The van der Waals surface area contributed by atoms with Crippen LogP contribution in [0.3, 0.4) is 0 Å². The molecule has 1 rings (SSSR count). The number of hydrogen-bond acceptors (Lipinski definition) is 3. The Bertz CT molecular complexity index is 533. The average Bonchev–Trinajstić information content (AvgIpc) is 2.37. The molecule has 20 heavy (non-hydrogen) atoms. The van der Waals surface area contributed by atoms with Crippen LogP contribution in [-0.4, -0.2) is 36.1 Å². The number of carboxylic acids is 1. The minimum Gasteiger partial charge on any atom is -0.480 e. The maximum absolute atomic E-state index is 11.5. The number of carboxylic acid groups (broad SMARTS) is 1. The molecule has 0 spiro atoms. The van der Waals surface area contributed by atoms with Crippen molar-refractivity contribution in [2.45, 2.75) is 6.92 Å². The van der Waals surface area contributed by atoms with E-state index in [1.807, 2.05) is 6.92 Å². The van der Waals surface area contributed by atoms with Gasteiger partial charge in [0, 0.05) is 0 Å². The molecular formula is C12H14ClN3O4. The van der Waals surface area contributed by atoms with Gasteiger partial charge in [-0.15, -0.1) is 0 Å². The number of halogens is 1. The summed E-state index contributed by atoms with van der Waals surface area (Å²) >= 11 is 5.93. The predicted octanol–water partition coefficient (Wildman–Crippen LogP) is 0.971. The summed E-state index contributed by atoms with van der Waals surface area (Å²) < 4.78 is 0.